The van der Waals surface area contributed by atoms with Crippen LogP contribution in [0.2, 0.25) is 0 Å². The Hall–Kier alpha value is -0.0161. The summed E-state index contributed by atoms with van der Waals surface area (Å²) in [4.78, 5) is 21.1. The molecule has 0 heterocycles. The predicted molar refractivity (Wildman–Crippen MR) is 64.9 cm³/mol. The van der Waals surface area contributed by atoms with E-state index >= 15 is 0 Å². The molecular formula is C13H23O3Y-. The van der Waals surface area contributed by atoms with E-state index in [1.54, 1.807) is 0 Å². The summed E-state index contributed by atoms with van der Waals surface area (Å²) in [5.74, 6) is -0.558. The molecule has 0 aromatic rings. The summed E-state index contributed by atoms with van der Waals surface area (Å²) >= 11 is 0. The molecule has 0 aromatic carbocycles. The first-order valence-electron chi connectivity index (χ1n) is 5.57. The molecule has 0 saturated heterocycles. The summed E-state index contributed by atoms with van der Waals surface area (Å²) < 4.78 is 4.73. The van der Waals surface area contributed by atoms with Gasteiger partial charge in [0.1, 0.15) is 12.2 Å². The summed E-state index contributed by atoms with van der Waals surface area (Å²) in [6.07, 6.45) is 4.71. The van der Waals surface area contributed by atoms with Gasteiger partial charge in [0.05, 0.1) is 6.61 Å². The minimum absolute atomic E-state index is 0. The fourth-order valence-corrected chi connectivity index (χ4v) is 0.585. The van der Waals surface area contributed by atoms with Gasteiger partial charge < -0.3 is 10.8 Å². The maximum absolute atomic E-state index is 10.7. The van der Waals surface area contributed by atoms with Crippen LogP contribution in [0.1, 0.15) is 53.9 Å². The predicted octanol–water partition coefficient (Wildman–Crippen LogP) is 3.08. The van der Waals surface area contributed by atoms with E-state index < -0.39 is 5.97 Å². The quantitative estimate of drug-likeness (QED) is 0.339. The standard InChI is InChI=1S/C8H14O3.C5H9.Y/c1-3-4-5-11-8(10)6-7(2)9;1-4-5(2)3;/h3-6H2,1-2H3;1-3H3;/q;-1;. The van der Waals surface area contributed by atoms with Gasteiger partial charge in [0.2, 0.25) is 0 Å². The van der Waals surface area contributed by atoms with Crippen molar-refractivity contribution in [1.29, 1.82) is 0 Å². The first kappa shape index (κ1) is 22.2. The van der Waals surface area contributed by atoms with Crippen molar-refractivity contribution in [2.24, 2.45) is 0 Å². The van der Waals surface area contributed by atoms with E-state index in [1.165, 1.54) is 12.5 Å². The van der Waals surface area contributed by atoms with Crippen molar-refractivity contribution in [3.05, 3.63) is 11.6 Å². The van der Waals surface area contributed by atoms with E-state index in [0.29, 0.717) is 6.61 Å². The van der Waals surface area contributed by atoms with Gasteiger partial charge in [-0.3, -0.25) is 15.2 Å². The first-order valence-corrected chi connectivity index (χ1v) is 5.57. The normalized spacial score (nSPS) is 8.06. The van der Waals surface area contributed by atoms with Crippen LogP contribution in [0.25, 0.3) is 0 Å². The number of unbranched alkanes of at least 4 members (excludes halogenated alkanes) is 1. The topological polar surface area (TPSA) is 43.4 Å². The molecule has 0 spiro atoms. The molecule has 0 rings (SSSR count). The van der Waals surface area contributed by atoms with E-state index in [0.717, 1.165) is 12.8 Å². The first-order chi connectivity index (χ1) is 7.43. The summed E-state index contributed by atoms with van der Waals surface area (Å²) in [5.41, 5.74) is 1.25. The number of hydrogen-bond acceptors (Lipinski definition) is 3. The summed E-state index contributed by atoms with van der Waals surface area (Å²) in [5, 5.41) is 0. The molecule has 0 fully saturated rings. The van der Waals surface area contributed by atoms with Crippen LogP contribution < -0.4 is 0 Å². The van der Waals surface area contributed by atoms with Crippen LogP contribution in [0, 0.1) is 6.08 Å². The molecule has 1 radical (unpaired) electrons. The fraction of sp³-hybridized carbons (Fsp3) is 0.692. The molecule has 0 aliphatic heterocycles. The molecule has 0 bridgehead atoms. The number of ether oxygens (including phenoxy) is 1. The number of hydrogen-bond donors (Lipinski definition) is 0. The van der Waals surface area contributed by atoms with Gasteiger partial charge >= 0.3 is 5.97 Å². The van der Waals surface area contributed by atoms with Gasteiger partial charge in [0.15, 0.2) is 0 Å². The second-order valence-electron chi connectivity index (χ2n) is 3.70. The van der Waals surface area contributed by atoms with Gasteiger partial charge in [-0.25, -0.2) is 0 Å². The van der Waals surface area contributed by atoms with Gasteiger partial charge in [-0.15, -0.1) is 0 Å². The van der Waals surface area contributed by atoms with Crippen LogP contribution in [0.15, 0.2) is 5.57 Å². The third-order valence-corrected chi connectivity index (χ3v) is 1.65. The molecule has 17 heavy (non-hydrogen) atoms. The van der Waals surface area contributed by atoms with E-state index in [-0.39, 0.29) is 44.9 Å². The molecule has 0 aliphatic rings. The molecule has 97 valence electrons. The van der Waals surface area contributed by atoms with Crippen LogP contribution in [0.5, 0.6) is 0 Å². The van der Waals surface area contributed by atoms with Gasteiger partial charge in [-0.1, -0.05) is 27.2 Å². The number of Topliss-reactive ketones (excluding diaryl/α,β-unsaturated/α-hetero) is 1. The number of ketones is 1. The van der Waals surface area contributed by atoms with Crippen LogP contribution in [-0.4, -0.2) is 18.4 Å². The Labute approximate surface area is 130 Å². The van der Waals surface area contributed by atoms with E-state index in [4.69, 9.17) is 4.74 Å². The Morgan fingerprint density at radius 1 is 1.18 bits per heavy atom. The maximum Gasteiger partial charge on any atom is 0.313 e. The number of esters is 1. The average molecular weight is 316 g/mol. The van der Waals surface area contributed by atoms with E-state index in [9.17, 15) is 9.59 Å². The third kappa shape index (κ3) is 25.9. The second-order valence-corrected chi connectivity index (χ2v) is 3.70. The number of carbonyl (C=O) groups excluding carboxylic acids is 2. The number of rotatable bonds is 5. The molecular weight excluding hydrogens is 293 g/mol. The Morgan fingerprint density at radius 3 is 1.94 bits per heavy atom. The van der Waals surface area contributed by atoms with Crippen molar-refractivity contribution in [3.63, 3.8) is 0 Å². The van der Waals surface area contributed by atoms with Gasteiger partial charge in [0.25, 0.3) is 0 Å². The SMILES string of the molecule is CCCCOC(=O)CC(C)=O.C[C-]=C(C)C.[Y]. The van der Waals surface area contributed by atoms with Crippen LogP contribution in [0.4, 0.5) is 0 Å². The zero-order valence-corrected chi connectivity index (χ0v) is 14.5. The molecule has 0 saturated carbocycles. The molecule has 4 heteroatoms. The number of carbonyl (C=O) groups is 2. The molecule has 3 nitrogen and oxygen atoms in total. The van der Waals surface area contributed by atoms with Gasteiger partial charge in [-0.2, -0.15) is 6.92 Å². The molecule has 0 N–H and O–H groups in total. The average Bonchev–Trinajstić information content (AvgIpc) is 2.18. The second kappa shape index (κ2) is 16.0. The molecule has 0 aliphatic carbocycles. The molecule has 0 unspecified atom stereocenters. The van der Waals surface area contributed by atoms with Crippen molar-refractivity contribution >= 4 is 11.8 Å². The largest absolute Gasteiger partial charge is 0.501 e. The Morgan fingerprint density at radius 2 is 1.65 bits per heavy atom. The monoisotopic (exact) mass is 316 g/mol. The van der Waals surface area contributed by atoms with E-state index in [1.807, 2.05) is 27.7 Å². The summed E-state index contributed by atoms with van der Waals surface area (Å²) in [6.45, 7) is 9.79. The van der Waals surface area contributed by atoms with Crippen LogP contribution in [0.3, 0.4) is 0 Å². The van der Waals surface area contributed by atoms with Gasteiger partial charge in [0, 0.05) is 32.7 Å². The smallest absolute Gasteiger partial charge is 0.313 e. The van der Waals surface area contributed by atoms with E-state index in [2.05, 4.69) is 6.08 Å². The zero-order chi connectivity index (χ0) is 13.0. The molecule has 0 amide bonds. The van der Waals surface area contributed by atoms with Crippen molar-refractivity contribution in [2.45, 2.75) is 53.9 Å². The third-order valence-electron chi connectivity index (χ3n) is 1.65. The Kier molecular flexibility index (Phi) is 20.9. The fourth-order valence-electron chi connectivity index (χ4n) is 0.585. The minimum Gasteiger partial charge on any atom is -0.501 e. The van der Waals surface area contributed by atoms with Crippen molar-refractivity contribution < 1.29 is 47.0 Å². The van der Waals surface area contributed by atoms with Crippen molar-refractivity contribution in [2.75, 3.05) is 6.61 Å². The van der Waals surface area contributed by atoms with Crippen molar-refractivity contribution in [1.82, 2.24) is 0 Å². The van der Waals surface area contributed by atoms with Crippen LogP contribution >= 0.6 is 0 Å². The molecule has 0 aromatic heterocycles. The number of allylic oxidation sites excluding steroid dienone is 2. The maximum atomic E-state index is 10.7. The summed E-state index contributed by atoms with van der Waals surface area (Å²) in [7, 11) is 0. The summed E-state index contributed by atoms with van der Waals surface area (Å²) in [6, 6.07) is 0. The molecule has 0 atom stereocenters. The van der Waals surface area contributed by atoms with Gasteiger partial charge in [-0.05, 0) is 13.3 Å². The van der Waals surface area contributed by atoms with Crippen LogP contribution in [-0.2, 0) is 47.0 Å². The minimum atomic E-state index is -0.411. The Bertz CT molecular complexity index is 231. The zero-order valence-electron chi connectivity index (χ0n) is 11.6. The van der Waals surface area contributed by atoms with Crippen molar-refractivity contribution in [3.8, 4) is 0 Å². The Balaban J connectivity index is -0.000000280.